The second kappa shape index (κ2) is 7.92. The molecule has 4 nitrogen and oxygen atoms in total. The number of nitrogens with zero attached hydrogens (tertiary/aromatic N) is 1. The molecule has 2 rings (SSSR count). The predicted octanol–water partition coefficient (Wildman–Crippen LogP) is 3.06. The van der Waals surface area contributed by atoms with Gasteiger partial charge in [0, 0.05) is 16.6 Å². The van der Waals surface area contributed by atoms with Crippen LogP contribution in [0.3, 0.4) is 0 Å². The number of hydrogen-bond donors (Lipinski definition) is 2. The van der Waals surface area contributed by atoms with Gasteiger partial charge >= 0.3 is 0 Å². The molecule has 1 fully saturated rings. The highest BCUT2D eigenvalue weighted by molar-refractivity contribution is 9.10. The summed E-state index contributed by atoms with van der Waals surface area (Å²) in [6.45, 7) is 5.54. The minimum absolute atomic E-state index is 0.261. The summed E-state index contributed by atoms with van der Waals surface area (Å²) in [5, 5.41) is 0. The molecule has 1 aromatic rings. The van der Waals surface area contributed by atoms with Crippen molar-refractivity contribution in [3.8, 4) is 0 Å². The zero-order chi connectivity index (χ0) is 15.2. The summed E-state index contributed by atoms with van der Waals surface area (Å²) in [5.74, 6) is 5.80. The fraction of sp³-hybridized carbons (Fsp3) is 0.562. The number of likely N-dealkylation sites (tertiary alicyclic amines) is 1. The molecule has 1 aliphatic rings. The Bertz CT molecular complexity index is 484. The van der Waals surface area contributed by atoms with Crippen molar-refractivity contribution in [1.29, 1.82) is 0 Å². The van der Waals surface area contributed by atoms with E-state index in [2.05, 4.69) is 33.2 Å². The van der Waals surface area contributed by atoms with Crippen LogP contribution in [0.1, 0.15) is 48.5 Å². The smallest absolute Gasteiger partial charge is 0.265 e. The summed E-state index contributed by atoms with van der Waals surface area (Å²) < 4.78 is 0.972. The van der Waals surface area contributed by atoms with Crippen molar-refractivity contribution in [1.82, 2.24) is 10.3 Å². The lowest BCUT2D eigenvalue weighted by Gasteiger charge is -2.32. The summed E-state index contributed by atoms with van der Waals surface area (Å²) in [6.07, 6.45) is 5.26. The molecule has 3 N–H and O–H groups in total. The molecule has 0 bridgehead atoms. The maximum atomic E-state index is 11.5. The van der Waals surface area contributed by atoms with Crippen molar-refractivity contribution in [2.24, 2.45) is 11.8 Å². The second-order valence-electron chi connectivity index (χ2n) is 5.79. The Morgan fingerprint density at radius 2 is 2.14 bits per heavy atom. The summed E-state index contributed by atoms with van der Waals surface area (Å²) in [7, 11) is 0. The highest BCUT2D eigenvalue weighted by atomic mass is 79.9. The van der Waals surface area contributed by atoms with Gasteiger partial charge in [-0.1, -0.05) is 41.8 Å². The molecule has 5 heteroatoms. The van der Waals surface area contributed by atoms with Crippen molar-refractivity contribution in [2.75, 3.05) is 13.1 Å². The Hall–Kier alpha value is -0.910. The lowest BCUT2D eigenvalue weighted by molar-refractivity contribution is 0.0953. The zero-order valence-electron chi connectivity index (χ0n) is 12.6. The molecular weight excluding hydrogens is 330 g/mol. The van der Waals surface area contributed by atoms with Crippen molar-refractivity contribution < 1.29 is 4.79 Å². The number of piperidine rings is 1. The summed E-state index contributed by atoms with van der Waals surface area (Å²) in [4.78, 5) is 14.0. The van der Waals surface area contributed by atoms with E-state index in [1.807, 2.05) is 18.2 Å². The van der Waals surface area contributed by atoms with Gasteiger partial charge in [-0.15, -0.1) is 0 Å². The number of nitrogens with one attached hydrogen (secondary N) is 1. The van der Waals surface area contributed by atoms with Crippen molar-refractivity contribution in [2.45, 2.75) is 39.2 Å². The zero-order valence-corrected chi connectivity index (χ0v) is 14.2. The minimum atomic E-state index is -0.261. The maximum absolute atomic E-state index is 11.5. The fourth-order valence-corrected chi connectivity index (χ4v) is 3.49. The maximum Gasteiger partial charge on any atom is 0.265 e. The molecule has 21 heavy (non-hydrogen) atoms. The highest BCUT2D eigenvalue weighted by Gasteiger charge is 2.19. The number of nitrogens with two attached hydrogens (primary N) is 1. The normalized spacial score (nSPS) is 16.9. The van der Waals surface area contributed by atoms with E-state index in [1.54, 1.807) is 0 Å². The first-order valence-corrected chi connectivity index (χ1v) is 8.45. The van der Waals surface area contributed by atoms with Crippen LogP contribution in [0.4, 0.5) is 0 Å². The van der Waals surface area contributed by atoms with E-state index < -0.39 is 0 Å². The van der Waals surface area contributed by atoms with E-state index in [0.717, 1.165) is 16.9 Å². The number of hydrogen-bond acceptors (Lipinski definition) is 3. The number of amides is 1. The van der Waals surface area contributed by atoms with E-state index in [9.17, 15) is 4.79 Å². The van der Waals surface area contributed by atoms with E-state index in [0.29, 0.717) is 5.56 Å². The molecule has 1 saturated heterocycles. The highest BCUT2D eigenvalue weighted by Crippen LogP contribution is 2.25. The molecule has 1 heterocycles. The number of carbonyl (C=O) groups excluding carboxylic acids is 1. The quantitative estimate of drug-likeness (QED) is 0.485. The Morgan fingerprint density at radius 3 is 2.71 bits per heavy atom. The van der Waals surface area contributed by atoms with Crippen LogP contribution in [0, 0.1) is 5.92 Å². The van der Waals surface area contributed by atoms with E-state index in [4.69, 9.17) is 5.84 Å². The average Bonchev–Trinajstić information content (AvgIpc) is 2.50. The van der Waals surface area contributed by atoms with Crippen LogP contribution in [0.25, 0.3) is 0 Å². The van der Waals surface area contributed by atoms with Crippen molar-refractivity contribution in [3.63, 3.8) is 0 Å². The van der Waals surface area contributed by atoms with E-state index in [-0.39, 0.29) is 5.91 Å². The lowest BCUT2D eigenvalue weighted by atomic mass is 9.92. The standard InChI is InChI=1S/C16H24BrN3O/c1-2-3-12-6-8-20(9-7-12)11-14-5-4-13(10-15(14)17)16(21)19-18/h4-5,10,12H,2-3,6-9,11,18H2,1H3,(H,19,21). The molecule has 1 aromatic carbocycles. The number of nitrogen functional groups attached to an aromatic ring is 1. The molecule has 0 atom stereocenters. The number of benzene rings is 1. The van der Waals surface area contributed by atoms with E-state index in [1.165, 1.54) is 44.3 Å². The van der Waals surface area contributed by atoms with Crippen LogP contribution < -0.4 is 11.3 Å². The first kappa shape index (κ1) is 16.5. The molecule has 1 amide bonds. The SMILES string of the molecule is CCCC1CCN(Cc2ccc(C(=O)NN)cc2Br)CC1. The molecule has 0 aromatic heterocycles. The van der Waals surface area contributed by atoms with Crippen molar-refractivity contribution in [3.05, 3.63) is 33.8 Å². The molecule has 0 aliphatic carbocycles. The minimum Gasteiger partial charge on any atom is -0.299 e. The first-order valence-electron chi connectivity index (χ1n) is 7.65. The summed E-state index contributed by atoms with van der Waals surface area (Å²) >= 11 is 3.56. The van der Waals surface area contributed by atoms with Crippen LogP contribution in [-0.4, -0.2) is 23.9 Å². The van der Waals surface area contributed by atoms with E-state index >= 15 is 0 Å². The van der Waals surface area contributed by atoms with Gasteiger partial charge in [-0.2, -0.15) is 0 Å². The molecular formula is C16H24BrN3O. The van der Waals surface area contributed by atoms with Gasteiger partial charge in [0.2, 0.25) is 0 Å². The fourth-order valence-electron chi connectivity index (χ4n) is 2.98. The number of rotatable bonds is 5. The van der Waals surface area contributed by atoms with Gasteiger partial charge in [0.05, 0.1) is 0 Å². The molecule has 1 aliphatic heterocycles. The lowest BCUT2D eigenvalue weighted by Crippen LogP contribution is -2.33. The van der Waals surface area contributed by atoms with Gasteiger partial charge in [0.1, 0.15) is 0 Å². The van der Waals surface area contributed by atoms with Crippen LogP contribution in [0.2, 0.25) is 0 Å². The number of halogens is 1. The third-order valence-corrected chi connectivity index (χ3v) is 4.98. The second-order valence-corrected chi connectivity index (χ2v) is 6.64. The Morgan fingerprint density at radius 1 is 1.43 bits per heavy atom. The molecule has 116 valence electrons. The predicted molar refractivity (Wildman–Crippen MR) is 88.7 cm³/mol. The molecule has 0 unspecified atom stereocenters. The van der Waals surface area contributed by atoms with Crippen molar-refractivity contribution >= 4 is 21.8 Å². The third kappa shape index (κ3) is 4.53. The summed E-state index contributed by atoms with van der Waals surface area (Å²) in [6, 6.07) is 5.67. The topological polar surface area (TPSA) is 58.4 Å². The molecule has 0 spiro atoms. The Balaban J connectivity index is 1.93. The molecule has 0 radical (unpaired) electrons. The van der Waals surface area contributed by atoms with Gasteiger partial charge in [0.15, 0.2) is 0 Å². The van der Waals surface area contributed by atoms with Crippen LogP contribution in [-0.2, 0) is 6.54 Å². The third-order valence-electron chi connectivity index (χ3n) is 4.24. The van der Waals surface area contributed by atoms with Gasteiger partial charge in [-0.25, -0.2) is 5.84 Å². The van der Waals surface area contributed by atoms with Crippen LogP contribution in [0.15, 0.2) is 22.7 Å². The average molecular weight is 354 g/mol. The summed E-state index contributed by atoms with van der Waals surface area (Å²) in [5.41, 5.74) is 3.95. The van der Waals surface area contributed by atoms with Gasteiger partial charge in [-0.3, -0.25) is 15.1 Å². The Labute approximate surface area is 135 Å². The monoisotopic (exact) mass is 353 g/mol. The largest absolute Gasteiger partial charge is 0.299 e. The first-order chi connectivity index (χ1) is 10.1. The number of hydrazine groups is 1. The van der Waals surface area contributed by atoms with Crippen LogP contribution in [0.5, 0.6) is 0 Å². The van der Waals surface area contributed by atoms with Crippen LogP contribution >= 0.6 is 15.9 Å². The molecule has 0 saturated carbocycles. The van der Waals surface area contributed by atoms with Gasteiger partial charge in [-0.05, 0) is 49.5 Å². The van der Waals surface area contributed by atoms with Gasteiger partial charge < -0.3 is 0 Å². The Kier molecular flexibility index (Phi) is 6.21. The van der Waals surface area contributed by atoms with Gasteiger partial charge in [0.25, 0.3) is 5.91 Å². The number of carbonyl (C=O) groups is 1.